The molecule has 0 aromatic heterocycles. The van der Waals surface area contributed by atoms with Crippen LogP contribution < -0.4 is 10.6 Å². The van der Waals surface area contributed by atoms with Crippen molar-refractivity contribution in [2.45, 2.75) is 12.6 Å². The average molecular weight is 385 g/mol. The zero-order valence-corrected chi connectivity index (χ0v) is 13.8. The summed E-state index contributed by atoms with van der Waals surface area (Å²) in [6, 6.07) is 3.55. The van der Waals surface area contributed by atoms with Gasteiger partial charge in [-0.1, -0.05) is 12.2 Å². The number of alkyl halides is 3. The lowest BCUT2D eigenvalue weighted by Crippen LogP contribution is -2.31. The molecule has 0 aliphatic rings. The lowest BCUT2D eigenvalue weighted by Gasteiger charge is -2.26. The van der Waals surface area contributed by atoms with Crippen molar-refractivity contribution in [3.63, 3.8) is 0 Å². The molecule has 118 valence electrons. The van der Waals surface area contributed by atoms with Gasteiger partial charge in [0.25, 0.3) is 0 Å². The minimum atomic E-state index is -4.36. The summed E-state index contributed by atoms with van der Waals surface area (Å²) < 4.78 is 43.4. The van der Waals surface area contributed by atoms with Crippen molar-refractivity contribution in [1.82, 2.24) is 0 Å². The number of thiocarbonyl (C=S) groups is 1. The maximum atomic E-state index is 12.7. The number of ether oxygens (including phenoxy) is 1. The molecule has 0 heterocycles. The molecule has 0 amide bonds. The summed E-state index contributed by atoms with van der Waals surface area (Å²) in [4.78, 5) is 2.24. The van der Waals surface area contributed by atoms with Crippen LogP contribution in [0.15, 0.2) is 22.7 Å². The van der Waals surface area contributed by atoms with E-state index >= 15 is 0 Å². The van der Waals surface area contributed by atoms with Crippen LogP contribution in [0.25, 0.3) is 0 Å². The van der Waals surface area contributed by atoms with Crippen LogP contribution in [-0.4, -0.2) is 31.8 Å². The summed E-state index contributed by atoms with van der Waals surface area (Å²) in [6.45, 7) is 1.50. The molecule has 0 bridgehead atoms. The number of hydrogen-bond acceptors (Lipinski definition) is 3. The summed E-state index contributed by atoms with van der Waals surface area (Å²) in [7, 11) is 1.56. The van der Waals surface area contributed by atoms with E-state index in [-0.39, 0.29) is 0 Å². The van der Waals surface area contributed by atoms with Crippen LogP contribution in [0.4, 0.5) is 18.9 Å². The summed E-state index contributed by atoms with van der Waals surface area (Å²) in [6.07, 6.45) is -3.89. The molecule has 2 N–H and O–H groups in total. The van der Waals surface area contributed by atoms with Gasteiger partial charge in [0.05, 0.1) is 22.8 Å². The summed E-state index contributed by atoms with van der Waals surface area (Å²) >= 11 is 8.03. The molecule has 1 aromatic rings. The topological polar surface area (TPSA) is 38.5 Å². The second-order valence-electron chi connectivity index (χ2n) is 4.36. The van der Waals surface area contributed by atoms with Crippen molar-refractivity contribution in [2.75, 3.05) is 31.7 Å². The maximum Gasteiger partial charge on any atom is 0.416 e. The Kier molecular flexibility index (Phi) is 6.89. The van der Waals surface area contributed by atoms with E-state index in [2.05, 4.69) is 15.9 Å². The van der Waals surface area contributed by atoms with Gasteiger partial charge in [-0.25, -0.2) is 0 Å². The monoisotopic (exact) mass is 384 g/mol. The number of benzene rings is 1. The van der Waals surface area contributed by atoms with Gasteiger partial charge in [-0.05, 0) is 34.1 Å². The SMILES string of the molecule is COCCN(CCC(N)=S)c1ccc(C(F)(F)F)cc1Br. The first-order valence-corrected chi connectivity index (χ1v) is 7.34. The van der Waals surface area contributed by atoms with Crippen LogP contribution in [0.2, 0.25) is 0 Å². The molecule has 1 rings (SSSR count). The predicted octanol–water partition coefficient (Wildman–Crippen LogP) is 3.60. The molecule has 0 spiro atoms. The fourth-order valence-corrected chi connectivity index (χ4v) is 2.46. The first kappa shape index (κ1) is 18.2. The molecule has 0 atom stereocenters. The summed E-state index contributed by atoms with van der Waals surface area (Å²) in [5, 5.41) is 0. The lowest BCUT2D eigenvalue weighted by molar-refractivity contribution is -0.137. The van der Waals surface area contributed by atoms with E-state index in [1.807, 2.05) is 4.90 Å². The van der Waals surface area contributed by atoms with E-state index < -0.39 is 11.7 Å². The molecule has 0 radical (unpaired) electrons. The normalized spacial score (nSPS) is 11.5. The van der Waals surface area contributed by atoms with Crippen molar-refractivity contribution in [1.29, 1.82) is 0 Å². The molecule has 3 nitrogen and oxygen atoms in total. The van der Waals surface area contributed by atoms with E-state index in [0.717, 1.165) is 12.1 Å². The number of methoxy groups -OCH3 is 1. The Balaban J connectivity index is 2.98. The highest BCUT2D eigenvalue weighted by molar-refractivity contribution is 9.10. The molecule has 0 aliphatic heterocycles. The van der Waals surface area contributed by atoms with Gasteiger partial charge in [0.15, 0.2) is 0 Å². The highest BCUT2D eigenvalue weighted by atomic mass is 79.9. The first-order valence-electron chi connectivity index (χ1n) is 6.14. The van der Waals surface area contributed by atoms with Gasteiger partial charge in [-0.2, -0.15) is 13.2 Å². The lowest BCUT2D eigenvalue weighted by atomic mass is 10.2. The Morgan fingerprint density at radius 2 is 2.05 bits per heavy atom. The zero-order valence-electron chi connectivity index (χ0n) is 11.4. The fraction of sp³-hybridized carbons (Fsp3) is 0.462. The molecule has 21 heavy (non-hydrogen) atoms. The van der Waals surface area contributed by atoms with Crippen LogP contribution in [0.1, 0.15) is 12.0 Å². The van der Waals surface area contributed by atoms with Crippen LogP contribution in [0, 0.1) is 0 Å². The Bertz CT molecular complexity index is 497. The van der Waals surface area contributed by atoms with Gasteiger partial charge in [0, 0.05) is 31.1 Å². The van der Waals surface area contributed by atoms with E-state index in [1.165, 1.54) is 6.07 Å². The van der Waals surface area contributed by atoms with Gasteiger partial charge < -0.3 is 15.4 Å². The molecule has 8 heteroatoms. The average Bonchev–Trinajstić information content (AvgIpc) is 2.38. The maximum absolute atomic E-state index is 12.7. The minimum Gasteiger partial charge on any atom is -0.393 e. The van der Waals surface area contributed by atoms with E-state index in [0.29, 0.717) is 41.3 Å². The van der Waals surface area contributed by atoms with Crippen LogP contribution >= 0.6 is 28.1 Å². The number of nitrogens with two attached hydrogens (primary N) is 1. The van der Waals surface area contributed by atoms with Gasteiger partial charge in [-0.15, -0.1) is 0 Å². The molecule has 0 saturated heterocycles. The second-order valence-corrected chi connectivity index (χ2v) is 5.74. The highest BCUT2D eigenvalue weighted by Gasteiger charge is 2.31. The van der Waals surface area contributed by atoms with Crippen LogP contribution in [0.3, 0.4) is 0 Å². The van der Waals surface area contributed by atoms with Crippen molar-refractivity contribution in [2.24, 2.45) is 5.73 Å². The van der Waals surface area contributed by atoms with Gasteiger partial charge in [0.2, 0.25) is 0 Å². The molecule has 0 saturated carbocycles. The number of hydrogen-bond donors (Lipinski definition) is 1. The minimum absolute atomic E-state index is 0.362. The van der Waals surface area contributed by atoms with Crippen molar-refractivity contribution in [3.05, 3.63) is 28.2 Å². The van der Waals surface area contributed by atoms with E-state index in [9.17, 15) is 13.2 Å². The molecule has 0 unspecified atom stereocenters. The Hall–Kier alpha value is -0.860. The fourth-order valence-electron chi connectivity index (χ4n) is 1.74. The summed E-state index contributed by atoms with van der Waals surface area (Å²) in [5.41, 5.74) is 5.43. The molecular formula is C13H16BrF3N2OS. The highest BCUT2D eigenvalue weighted by Crippen LogP contribution is 2.35. The van der Waals surface area contributed by atoms with Gasteiger partial charge in [0.1, 0.15) is 0 Å². The van der Waals surface area contributed by atoms with Crippen LogP contribution in [0.5, 0.6) is 0 Å². The van der Waals surface area contributed by atoms with Gasteiger partial charge in [-0.3, -0.25) is 0 Å². The Morgan fingerprint density at radius 3 is 2.52 bits per heavy atom. The Labute approximate surface area is 135 Å². The smallest absolute Gasteiger partial charge is 0.393 e. The molecule has 0 fully saturated rings. The van der Waals surface area contributed by atoms with Crippen molar-refractivity contribution < 1.29 is 17.9 Å². The van der Waals surface area contributed by atoms with E-state index in [4.69, 9.17) is 22.7 Å². The number of anilines is 1. The Morgan fingerprint density at radius 1 is 1.38 bits per heavy atom. The number of rotatable bonds is 7. The molecule has 1 aromatic carbocycles. The van der Waals surface area contributed by atoms with Crippen molar-refractivity contribution >= 4 is 38.8 Å². The third-order valence-electron chi connectivity index (χ3n) is 2.81. The summed E-state index contributed by atoms with van der Waals surface area (Å²) in [5.74, 6) is 0. The predicted molar refractivity (Wildman–Crippen MR) is 84.6 cm³/mol. The number of nitrogens with zero attached hydrogens (tertiary/aromatic N) is 1. The third-order valence-corrected chi connectivity index (χ3v) is 3.65. The van der Waals surface area contributed by atoms with Gasteiger partial charge >= 0.3 is 6.18 Å². The number of halogens is 4. The second kappa shape index (κ2) is 7.95. The zero-order chi connectivity index (χ0) is 16.0. The van der Waals surface area contributed by atoms with Crippen LogP contribution in [-0.2, 0) is 10.9 Å². The quantitative estimate of drug-likeness (QED) is 0.728. The molecular weight excluding hydrogens is 369 g/mol. The van der Waals surface area contributed by atoms with Crippen molar-refractivity contribution in [3.8, 4) is 0 Å². The first-order chi connectivity index (χ1) is 9.75. The largest absolute Gasteiger partial charge is 0.416 e. The third kappa shape index (κ3) is 5.80. The van der Waals surface area contributed by atoms with E-state index in [1.54, 1.807) is 7.11 Å². The standard InChI is InChI=1S/C13H16BrF3N2OS/c1-20-7-6-19(5-4-12(18)21)11-3-2-9(8-10(11)14)13(15,16)17/h2-3,8H,4-7H2,1H3,(H2,18,21). The molecule has 0 aliphatic carbocycles.